The molecule has 0 saturated heterocycles. The van der Waals surface area contributed by atoms with E-state index < -0.39 is 0 Å². The van der Waals surface area contributed by atoms with Crippen LogP contribution in [0.1, 0.15) is 5.56 Å². The van der Waals surface area contributed by atoms with Crippen LogP contribution in [-0.2, 0) is 0 Å². The van der Waals surface area contributed by atoms with Crippen LogP contribution < -0.4 is 11.2 Å². The summed E-state index contributed by atoms with van der Waals surface area (Å²) in [7, 11) is 0. The van der Waals surface area contributed by atoms with Crippen molar-refractivity contribution >= 4 is 34.9 Å². The Kier molecular flexibility index (Phi) is 4.94. The van der Waals surface area contributed by atoms with Crippen LogP contribution in [0.15, 0.2) is 63.9 Å². The summed E-state index contributed by atoms with van der Waals surface area (Å²) >= 11 is 4.63. The molecule has 2 aromatic carbocycles. The average molecular weight is 299 g/mol. The molecule has 0 aliphatic rings. The summed E-state index contributed by atoms with van der Waals surface area (Å²) in [6.07, 6.45) is 1.60. The van der Waals surface area contributed by atoms with Crippen molar-refractivity contribution in [3.8, 4) is 5.75 Å². The molecule has 0 atom stereocenters. The van der Waals surface area contributed by atoms with Crippen LogP contribution in [0.2, 0.25) is 0 Å². The smallest absolute Gasteiger partial charge is 0.184 e. The minimum atomic E-state index is 0.116. The van der Waals surface area contributed by atoms with E-state index in [1.165, 1.54) is 0 Å². The summed E-state index contributed by atoms with van der Waals surface area (Å²) in [6.45, 7) is 0. The average Bonchev–Trinajstić information content (AvgIpc) is 2.48. The molecule has 2 rings (SSSR count). The molecule has 0 saturated carbocycles. The summed E-state index contributed by atoms with van der Waals surface area (Å²) in [6, 6.07) is 13.8. The lowest BCUT2D eigenvalue weighted by Gasteiger charge is -1.96. The second-order valence-electron chi connectivity index (χ2n) is 4.04. The number of azo groups is 1. The van der Waals surface area contributed by atoms with Crippen LogP contribution in [0.5, 0.6) is 5.75 Å². The number of rotatable bonds is 4. The van der Waals surface area contributed by atoms with Crippen LogP contribution >= 0.6 is 12.2 Å². The quantitative estimate of drug-likeness (QED) is 0.350. The number of hydrazone groups is 1. The largest absolute Gasteiger partial charge is 0.508 e. The molecule has 0 bridgehead atoms. The third-order valence-electron chi connectivity index (χ3n) is 2.41. The fourth-order valence-corrected chi connectivity index (χ4v) is 1.48. The van der Waals surface area contributed by atoms with Gasteiger partial charge in [0, 0.05) is 0 Å². The third kappa shape index (κ3) is 5.00. The molecule has 6 nitrogen and oxygen atoms in total. The topological polar surface area (TPSA) is 95.4 Å². The number of nitrogens with two attached hydrogens (primary N) is 1. The van der Waals surface area contributed by atoms with Crippen molar-refractivity contribution in [2.24, 2.45) is 21.1 Å². The maximum atomic E-state index is 9.17. The zero-order chi connectivity index (χ0) is 15.1. The minimum absolute atomic E-state index is 0.116. The second-order valence-corrected chi connectivity index (χ2v) is 4.48. The molecule has 0 spiro atoms. The first-order valence-electron chi connectivity index (χ1n) is 6.03. The summed E-state index contributed by atoms with van der Waals surface area (Å²) in [5.41, 5.74) is 9.98. The normalized spacial score (nSPS) is 11.0. The number of nitrogens with one attached hydrogen (secondary N) is 1. The number of nitrogens with zero attached hydrogens (tertiary/aromatic N) is 3. The van der Waals surface area contributed by atoms with Crippen molar-refractivity contribution in [1.29, 1.82) is 0 Å². The van der Waals surface area contributed by atoms with Gasteiger partial charge in [0.25, 0.3) is 0 Å². The summed E-state index contributed by atoms with van der Waals surface area (Å²) in [4.78, 5) is 0. The van der Waals surface area contributed by atoms with Gasteiger partial charge in [-0.25, -0.2) is 0 Å². The van der Waals surface area contributed by atoms with Gasteiger partial charge in [-0.15, -0.1) is 0 Å². The van der Waals surface area contributed by atoms with E-state index in [0.717, 1.165) is 5.56 Å². The predicted octanol–water partition coefficient (Wildman–Crippen LogP) is 2.97. The monoisotopic (exact) mass is 299 g/mol. The van der Waals surface area contributed by atoms with Crippen molar-refractivity contribution in [1.82, 2.24) is 5.43 Å². The Morgan fingerprint density at radius 3 is 2.05 bits per heavy atom. The van der Waals surface area contributed by atoms with Crippen LogP contribution in [0.4, 0.5) is 11.4 Å². The molecule has 4 N–H and O–H groups in total. The number of phenolic OH excluding ortho intramolecular Hbond substituents is 1. The molecule has 7 heteroatoms. The lowest BCUT2D eigenvalue weighted by Crippen LogP contribution is -2.23. The Balaban J connectivity index is 2.00. The van der Waals surface area contributed by atoms with Gasteiger partial charge < -0.3 is 10.8 Å². The lowest BCUT2D eigenvalue weighted by molar-refractivity contribution is 0.475. The lowest BCUT2D eigenvalue weighted by atomic mass is 10.2. The van der Waals surface area contributed by atoms with E-state index >= 15 is 0 Å². The van der Waals surface area contributed by atoms with Crippen molar-refractivity contribution in [2.75, 3.05) is 0 Å². The predicted molar refractivity (Wildman–Crippen MR) is 86.2 cm³/mol. The van der Waals surface area contributed by atoms with E-state index in [2.05, 4.69) is 33.0 Å². The fourth-order valence-electron chi connectivity index (χ4n) is 1.43. The van der Waals surface area contributed by atoms with E-state index in [1.807, 2.05) is 24.3 Å². The minimum Gasteiger partial charge on any atom is -0.508 e. The van der Waals surface area contributed by atoms with Crippen LogP contribution in [-0.4, -0.2) is 16.4 Å². The highest BCUT2D eigenvalue weighted by molar-refractivity contribution is 7.80. The van der Waals surface area contributed by atoms with Crippen molar-refractivity contribution in [2.45, 2.75) is 0 Å². The van der Waals surface area contributed by atoms with Crippen LogP contribution in [0.25, 0.3) is 0 Å². The molecule has 0 aromatic heterocycles. The zero-order valence-electron chi connectivity index (χ0n) is 11.0. The first-order valence-corrected chi connectivity index (χ1v) is 6.44. The Hall–Kier alpha value is -2.80. The van der Waals surface area contributed by atoms with Gasteiger partial charge in [0.05, 0.1) is 17.6 Å². The number of hydrogen-bond acceptors (Lipinski definition) is 5. The zero-order valence-corrected chi connectivity index (χ0v) is 11.8. The van der Waals surface area contributed by atoms with Gasteiger partial charge in [0.1, 0.15) is 5.75 Å². The van der Waals surface area contributed by atoms with E-state index in [1.54, 1.807) is 30.5 Å². The van der Waals surface area contributed by atoms with Crippen LogP contribution in [0, 0.1) is 0 Å². The van der Waals surface area contributed by atoms with E-state index in [0.29, 0.717) is 11.4 Å². The molecule has 0 aliphatic heterocycles. The number of hydrogen-bond donors (Lipinski definition) is 3. The summed E-state index contributed by atoms with van der Waals surface area (Å²) < 4.78 is 0. The Labute approximate surface area is 127 Å². The van der Waals surface area contributed by atoms with E-state index in [9.17, 15) is 5.11 Å². The molecular weight excluding hydrogens is 286 g/mol. The van der Waals surface area contributed by atoms with Gasteiger partial charge >= 0.3 is 0 Å². The Morgan fingerprint density at radius 1 is 1.00 bits per heavy atom. The highest BCUT2D eigenvalue weighted by atomic mass is 32.1. The molecule has 0 radical (unpaired) electrons. The molecule has 0 aliphatic carbocycles. The van der Waals surface area contributed by atoms with Gasteiger partial charge in [-0.2, -0.15) is 15.3 Å². The standard InChI is InChI=1S/C14H13N5OS/c15-14(21)19-16-9-10-1-3-11(4-2-10)17-18-12-5-7-13(20)8-6-12/h1-9,20H,(H3,15,19,21)/b16-9-,18-17?. The molecule has 0 unspecified atom stereocenters. The first-order chi connectivity index (χ1) is 10.1. The summed E-state index contributed by atoms with van der Waals surface area (Å²) in [5, 5.41) is 21.3. The summed E-state index contributed by atoms with van der Waals surface area (Å²) in [5.74, 6) is 0.197. The molecular formula is C14H13N5OS. The molecule has 2 aromatic rings. The van der Waals surface area contributed by atoms with Crippen molar-refractivity contribution < 1.29 is 5.11 Å². The number of aromatic hydroxyl groups is 1. The Bertz CT molecular complexity index is 665. The van der Waals surface area contributed by atoms with Gasteiger partial charge in [-0.3, -0.25) is 5.43 Å². The molecule has 0 fully saturated rings. The second kappa shape index (κ2) is 7.11. The maximum Gasteiger partial charge on any atom is 0.184 e. The molecule has 0 amide bonds. The van der Waals surface area contributed by atoms with Crippen molar-refractivity contribution in [3.05, 3.63) is 54.1 Å². The van der Waals surface area contributed by atoms with E-state index in [-0.39, 0.29) is 10.9 Å². The number of benzene rings is 2. The van der Waals surface area contributed by atoms with Gasteiger partial charge in [-0.05, 0) is 54.2 Å². The Morgan fingerprint density at radius 2 is 1.52 bits per heavy atom. The van der Waals surface area contributed by atoms with Gasteiger partial charge in [0.2, 0.25) is 0 Å². The first kappa shape index (κ1) is 14.6. The number of phenols is 1. The van der Waals surface area contributed by atoms with Gasteiger partial charge in [0.15, 0.2) is 5.11 Å². The third-order valence-corrected chi connectivity index (χ3v) is 2.50. The van der Waals surface area contributed by atoms with Gasteiger partial charge in [-0.1, -0.05) is 12.1 Å². The molecule has 0 heterocycles. The molecule has 21 heavy (non-hydrogen) atoms. The highest BCUT2D eigenvalue weighted by Crippen LogP contribution is 2.20. The van der Waals surface area contributed by atoms with Crippen molar-refractivity contribution in [3.63, 3.8) is 0 Å². The highest BCUT2D eigenvalue weighted by Gasteiger charge is 1.93. The SMILES string of the molecule is NC(=S)N/N=C\c1ccc(N=Nc2ccc(O)cc2)cc1. The van der Waals surface area contributed by atoms with Crippen LogP contribution in [0.3, 0.4) is 0 Å². The maximum absolute atomic E-state index is 9.17. The number of thiocarbonyl (C=S) groups is 1. The van der Waals surface area contributed by atoms with E-state index in [4.69, 9.17) is 5.73 Å². The molecule has 106 valence electrons. The fraction of sp³-hybridized carbons (Fsp3) is 0.